The van der Waals surface area contributed by atoms with Gasteiger partial charge in [0, 0.05) is 50.2 Å². The van der Waals surface area contributed by atoms with E-state index in [0.717, 1.165) is 94.8 Å². The van der Waals surface area contributed by atoms with Crippen molar-refractivity contribution in [3.63, 3.8) is 0 Å². The highest BCUT2D eigenvalue weighted by Gasteiger charge is 2.48. The number of furan rings is 1. The fourth-order valence-corrected chi connectivity index (χ4v) is 10.6. The Bertz CT molecular complexity index is 3690. The first-order chi connectivity index (χ1) is 33.1. The lowest BCUT2D eigenvalue weighted by Crippen LogP contribution is -2.41. The molecule has 0 fully saturated rings. The van der Waals surface area contributed by atoms with Crippen LogP contribution in [0.15, 0.2) is 253 Å². The second-order valence-corrected chi connectivity index (χ2v) is 17.8. The van der Waals surface area contributed by atoms with Crippen molar-refractivity contribution in [3.05, 3.63) is 254 Å². The average Bonchev–Trinajstić information content (AvgIpc) is 3.93. The molecule has 2 unspecified atom stereocenters. The molecule has 0 radical (unpaired) electrons. The number of fused-ring (bicyclic) bond motifs is 11. The van der Waals surface area contributed by atoms with Crippen LogP contribution < -0.4 is 14.5 Å². The Labute approximate surface area is 389 Å². The van der Waals surface area contributed by atoms with E-state index in [1.165, 1.54) is 16.3 Å². The van der Waals surface area contributed by atoms with Crippen molar-refractivity contribution in [2.45, 2.75) is 18.4 Å². The lowest BCUT2D eigenvalue weighted by molar-refractivity contribution is 0.213. The lowest BCUT2D eigenvalue weighted by Gasteiger charge is -2.38. The molecule has 4 heteroatoms. The van der Waals surface area contributed by atoms with Gasteiger partial charge in [0.05, 0.1) is 11.1 Å². The molecule has 1 aliphatic heterocycles. The molecule has 0 spiro atoms. The quantitative estimate of drug-likeness (QED) is 0.142. The lowest BCUT2D eigenvalue weighted by atomic mass is 9.75. The van der Waals surface area contributed by atoms with E-state index in [4.69, 9.17) is 9.15 Å². The Morgan fingerprint density at radius 1 is 0.418 bits per heavy atom. The van der Waals surface area contributed by atoms with Gasteiger partial charge < -0.3 is 19.0 Å². The first-order valence-corrected chi connectivity index (χ1v) is 23.0. The molecule has 1 aromatic heterocycles. The van der Waals surface area contributed by atoms with Crippen LogP contribution in [0, 0.1) is 0 Å². The molecule has 0 saturated carbocycles. The van der Waals surface area contributed by atoms with Crippen LogP contribution >= 0.6 is 0 Å². The van der Waals surface area contributed by atoms with Crippen LogP contribution in [0.5, 0.6) is 5.75 Å². The Morgan fingerprint density at radius 2 is 0.940 bits per heavy atom. The van der Waals surface area contributed by atoms with Crippen molar-refractivity contribution in [3.8, 4) is 28.0 Å². The van der Waals surface area contributed by atoms with Gasteiger partial charge in [0.2, 0.25) is 0 Å². The minimum Gasteiger partial charge on any atom is -0.483 e. The van der Waals surface area contributed by atoms with E-state index in [0.29, 0.717) is 0 Å². The van der Waals surface area contributed by atoms with Crippen LogP contribution in [0.1, 0.15) is 12.5 Å². The summed E-state index contributed by atoms with van der Waals surface area (Å²) in [6, 6.07) is 80.1. The van der Waals surface area contributed by atoms with Gasteiger partial charge in [-0.1, -0.05) is 152 Å². The van der Waals surface area contributed by atoms with E-state index in [1.54, 1.807) is 0 Å². The van der Waals surface area contributed by atoms with Crippen LogP contribution in [0.25, 0.3) is 65.7 Å². The molecule has 0 saturated heterocycles. The summed E-state index contributed by atoms with van der Waals surface area (Å²) in [6.07, 6.45) is 6.50. The molecule has 4 nitrogen and oxygen atoms in total. The first-order valence-electron chi connectivity index (χ1n) is 23.0. The smallest absolute Gasteiger partial charge is 0.152 e. The molecule has 1 aliphatic carbocycles. The molecule has 13 rings (SSSR count). The minimum atomic E-state index is -0.271. The summed E-state index contributed by atoms with van der Waals surface area (Å²) in [5.41, 5.74) is 13.9. The van der Waals surface area contributed by atoms with Crippen molar-refractivity contribution in [1.29, 1.82) is 0 Å². The molecule has 2 heterocycles. The Kier molecular flexibility index (Phi) is 9.00. The monoisotopic (exact) mass is 860 g/mol. The van der Waals surface area contributed by atoms with Crippen molar-refractivity contribution < 1.29 is 9.15 Å². The molecular formula is C63H44N2O2. The zero-order valence-corrected chi connectivity index (χ0v) is 36.9. The molecule has 318 valence electrons. The number of ether oxygens (including phenoxy) is 1. The van der Waals surface area contributed by atoms with E-state index in [1.807, 2.05) is 0 Å². The summed E-state index contributed by atoms with van der Waals surface area (Å²) in [4.78, 5) is 4.66. The van der Waals surface area contributed by atoms with E-state index in [2.05, 4.69) is 259 Å². The number of para-hydroxylation sites is 4. The normalized spacial score (nSPS) is 16.2. The van der Waals surface area contributed by atoms with Crippen LogP contribution in [0.3, 0.4) is 0 Å². The third kappa shape index (κ3) is 6.36. The van der Waals surface area contributed by atoms with Gasteiger partial charge in [-0.3, -0.25) is 0 Å². The number of anilines is 5. The Hall–Kier alpha value is -8.60. The minimum absolute atomic E-state index is 0.162. The predicted octanol–water partition coefficient (Wildman–Crippen LogP) is 17.0. The number of allylic oxidation sites excluding steroid dienone is 2. The maximum Gasteiger partial charge on any atom is 0.152 e. The summed E-state index contributed by atoms with van der Waals surface area (Å²) in [5.74, 6) is 0.948. The maximum atomic E-state index is 6.92. The van der Waals surface area contributed by atoms with Crippen LogP contribution in [-0.4, -0.2) is 6.10 Å². The molecule has 2 aliphatic rings. The number of hydrogen-bond donors (Lipinski definition) is 0. The second kappa shape index (κ2) is 15.5. The summed E-state index contributed by atoms with van der Waals surface area (Å²) in [7, 11) is 0. The number of hydrogen-bond acceptors (Lipinski definition) is 4. The maximum absolute atomic E-state index is 6.92. The van der Waals surface area contributed by atoms with Crippen LogP contribution in [-0.2, 0) is 5.41 Å². The fourth-order valence-electron chi connectivity index (χ4n) is 10.6. The van der Waals surface area contributed by atoms with E-state index < -0.39 is 0 Å². The molecular weight excluding hydrogens is 817 g/mol. The van der Waals surface area contributed by atoms with Crippen molar-refractivity contribution >= 4 is 71.9 Å². The van der Waals surface area contributed by atoms with Gasteiger partial charge in [0.25, 0.3) is 0 Å². The number of rotatable bonds is 8. The van der Waals surface area contributed by atoms with Gasteiger partial charge in [-0.2, -0.15) is 0 Å². The van der Waals surface area contributed by atoms with Crippen LogP contribution in [0.2, 0.25) is 0 Å². The van der Waals surface area contributed by atoms with Gasteiger partial charge in [-0.25, -0.2) is 0 Å². The van der Waals surface area contributed by atoms with Gasteiger partial charge in [-0.15, -0.1) is 0 Å². The number of benzene rings is 10. The Morgan fingerprint density at radius 3 is 1.63 bits per heavy atom. The highest BCUT2D eigenvalue weighted by molar-refractivity contribution is 6.30. The van der Waals surface area contributed by atoms with Crippen molar-refractivity contribution in [1.82, 2.24) is 0 Å². The third-order valence-electron chi connectivity index (χ3n) is 13.9. The zero-order valence-electron chi connectivity index (χ0n) is 36.9. The van der Waals surface area contributed by atoms with Crippen molar-refractivity contribution in [2.75, 3.05) is 9.80 Å². The molecule has 0 amide bonds. The predicted molar refractivity (Wildman–Crippen MR) is 278 cm³/mol. The fraction of sp³-hybridized carbons (Fsp3) is 0.0476. The SMILES string of the molecule is CC12C=CC=C(N(c3ccccc3)c3ccc(-c4ccc(-c5ccc6c(c5)oc5c7ccc(N(c8ccccc8)c8ccccc8)cc7c7ccccc7c65)cc4)cc3)C1Oc1ccccc12. The van der Waals surface area contributed by atoms with Crippen molar-refractivity contribution in [2.24, 2.45) is 0 Å². The summed E-state index contributed by atoms with van der Waals surface area (Å²) in [6.45, 7) is 2.28. The van der Waals surface area contributed by atoms with Gasteiger partial charge in [0.1, 0.15) is 16.9 Å². The molecule has 67 heavy (non-hydrogen) atoms. The summed E-state index contributed by atoms with van der Waals surface area (Å²) in [5, 5.41) is 6.92. The topological polar surface area (TPSA) is 28.9 Å². The number of nitrogens with zero attached hydrogens (tertiary/aromatic N) is 2. The van der Waals surface area contributed by atoms with E-state index >= 15 is 0 Å². The zero-order chi connectivity index (χ0) is 44.5. The van der Waals surface area contributed by atoms with Gasteiger partial charge >= 0.3 is 0 Å². The van der Waals surface area contributed by atoms with Crippen LogP contribution in [0.4, 0.5) is 28.4 Å². The van der Waals surface area contributed by atoms with Gasteiger partial charge in [0.15, 0.2) is 6.10 Å². The largest absolute Gasteiger partial charge is 0.483 e. The molecule has 11 aromatic rings. The highest BCUT2D eigenvalue weighted by atomic mass is 16.5. The molecule has 0 bridgehead atoms. The Balaban J connectivity index is 0.829. The molecule has 0 N–H and O–H groups in total. The second-order valence-electron chi connectivity index (χ2n) is 17.8. The molecule has 2 atom stereocenters. The average molecular weight is 861 g/mol. The highest BCUT2D eigenvalue weighted by Crippen LogP contribution is 2.51. The third-order valence-corrected chi connectivity index (χ3v) is 13.9. The van der Waals surface area contributed by atoms with Gasteiger partial charge in [-0.05, 0) is 136 Å². The first kappa shape index (κ1) is 38.8. The van der Waals surface area contributed by atoms with E-state index in [-0.39, 0.29) is 11.5 Å². The standard InChI is InChI=1S/C63H44N2O2/c1-63-39-15-25-57(62(63)67-58-26-14-13-24-56(58)63)65(48-20-9-4-10-21-48)49-34-31-43(32-35-49)42-27-29-44(30-28-42)45-33-37-54-59(40-45)66-61-53-38-36-50(41-55(53)51-22-11-12-23-52(51)60(54)61)64(46-16-5-2-6-17-46)47-18-7-3-8-19-47/h2-41,62H,1H3. The summed E-state index contributed by atoms with van der Waals surface area (Å²) < 4.78 is 13.6. The summed E-state index contributed by atoms with van der Waals surface area (Å²) >= 11 is 0. The molecule has 10 aromatic carbocycles. The van der Waals surface area contributed by atoms with E-state index in [9.17, 15) is 0 Å².